The first-order valence-corrected chi connectivity index (χ1v) is 12.6. The van der Waals surface area contributed by atoms with Gasteiger partial charge in [-0.05, 0) is 101 Å². The monoisotopic (exact) mass is 558 g/mol. The molecular formula is C27H32ClFN6O4. The van der Waals surface area contributed by atoms with Gasteiger partial charge in [0, 0.05) is 23.1 Å². The lowest BCUT2D eigenvalue weighted by atomic mass is 10.0. The van der Waals surface area contributed by atoms with Crippen molar-refractivity contribution in [2.75, 3.05) is 15.5 Å². The Morgan fingerprint density at radius 1 is 1.08 bits per heavy atom. The zero-order valence-corrected chi connectivity index (χ0v) is 23.4. The van der Waals surface area contributed by atoms with E-state index in [0.717, 1.165) is 11.8 Å². The van der Waals surface area contributed by atoms with Crippen LogP contribution in [0.1, 0.15) is 52.7 Å². The third-order valence-corrected chi connectivity index (χ3v) is 5.48. The van der Waals surface area contributed by atoms with Crippen LogP contribution in [-0.4, -0.2) is 43.4 Å². The molecule has 0 radical (unpaired) electrons. The van der Waals surface area contributed by atoms with Gasteiger partial charge in [0.2, 0.25) is 5.28 Å². The number of nitrogens with one attached hydrogen (secondary N) is 2. The Balaban J connectivity index is 1.90. The fourth-order valence-corrected chi connectivity index (χ4v) is 3.91. The molecule has 39 heavy (non-hydrogen) atoms. The Labute approximate surface area is 231 Å². The number of nitrogens with zero attached hydrogens (tertiary/aromatic N) is 4. The number of anilines is 4. The number of aryl methyl sites for hydroxylation is 2. The van der Waals surface area contributed by atoms with Gasteiger partial charge in [-0.15, -0.1) is 0 Å². The second-order valence-electron chi connectivity index (χ2n) is 10.8. The van der Waals surface area contributed by atoms with E-state index in [9.17, 15) is 19.1 Å². The van der Waals surface area contributed by atoms with Crippen molar-refractivity contribution in [2.45, 2.75) is 65.5 Å². The Kier molecular flexibility index (Phi) is 8.96. The fourth-order valence-electron chi connectivity index (χ4n) is 3.78. The number of carbonyl (C=O) groups excluding carboxylic acids is 1. The van der Waals surface area contributed by atoms with Gasteiger partial charge in [0.1, 0.15) is 5.60 Å². The van der Waals surface area contributed by atoms with Crippen LogP contribution in [0.2, 0.25) is 5.28 Å². The molecule has 2 heterocycles. The van der Waals surface area contributed by atoms with E-state index in [-0.39, 0.29) is 11.1 Å². The Morgan fingerprint density at radius 3 is 2.44 bits per heavy atom. The Morgan fingerprint density at radius 2 is 1.79 bits per heavy atom. The number of hydrogen-bond acceptors (Lipinski definition) is 7. The number of amides is 2. The molecule has 0 spiro atoms. The Hall–Kier alpha value is -3.99. The van der Waals surface area contributed by atoms with Crippen molar-refractivity contribution in [1.82, 2.24) is 15.0 Å². The van der Waals surface area contributed by atoms with Gasteiger partial charge in [0.05, 0.1) is 18.1 Å². The first-order valence-electron chi connectivity index (χ1n) is 12.2. The lowest BCUT2D eigenvalue weighted by molar-refractivity contribution is 0.0635. The largest absolute Gasteiger partial charge is 0.465 e. The van der Waals surface area contributed by atoms with Gasteiger partial charge >= 0.3 is 12.2 Å². The number of pyridine rings is 1. The number of hydrogen-bond donors (Lipinski definition) is 3. The molecule has 12 heteroatoms. The highest BCUT2D eigenvalue weighted by molar-refractivity contribution is 6.28. The molecule has 0 bridgehead atoms. The number of halogens is 2. The summed E-state index contributed by atoms with van der Waals surface area (Å²) < 4.78 is 19.6. The molecule has 0 saturated heterocycles. The molecule has 2 amide bonds. The molecule has 3 aromatic rings. The summed E-state index contributed by atoms with van der Waals surface area (Å²) in [6.07, 6.45) is 3.33. The maximum Gasteiger partial charge on any atom is 0.412 e. The van der Waals surface area contributed by atoms with Crippen LogP contribution in [0.15, 0.2) is 42.9 Å². The average Bonchev–Trinajstić information content (AvgIpc) is 2.79. The molecule has 3 rings (SSSR count). The second-order valence-corrected chi connectivity index (χ2v) is 11.1. The summed E-state index contributed by atoms with van der Waals surface area (Å²) in [7, 11) is 0. The van der Waals surface area contributed by atoms with Crippen LogP contribution in [0.25, 0.3) is 0 Å². The molecule has 0 atom stereocenters. The molecule has 0 aliphatic rings. The van der Waals surface area contributed by atoms with E-state index in [2.05, 4.69) is 25.6 Å². The number of benzene rings is 1. The lowest BCUT2D eigenvalue weighted by Gasteiger charge is -2.33. The predicted molar refractivity (Wildman–Crippen MR) is 148 cm³/mol. The smallest absolute Gasteiger partial charge is 0.412 e. The van der Waals surface area contributed by atoms with Crippen molar-refractivity contribution in [3.05, 3.63) is 65.1 Å². The maximum atomic E-state index is 14.2. The second kappa shape index (κ2) is 11.8. The maximum absolute atomic E-state index is 14.2. The van der Waals surface area contributed by atoms with Crippen LogP contribution in [0.3, 0.4) is 0 Å². The molecule has 0 unspecified atom stereocenters. The molecule has 3 N–H and O–H groups in total. The first-order chi connectivity index (χ1) is 18.1. The van der Waals surface area contributed by atoms with Crippen molar-refractivity contribution in [3.8, 4) is 0 Å². The van der Waals surface area contributed by atoms with Crippen LogP contribution in [0, 0.1) is 5.82 Å². The van der Waals surface area contributed by atoms with E-state index in [1.54, 1.807) is 72.0 Å². The van der Waals surface area contributed by atoms with Gasteiger partial charge in [-0.2, -0.15) is 4.98 Å². The molecule has 0 aliphatic carbocycles. The highest BCUT2D eigenvalue weighted by atomic mass is 35.5. The van der Waals surface area contributed by atoms with Gasteiger partial charge < -0.3 is 15.2 Å². The van der Waals surface area contributed by atoms with Gasteiger partial charge in [0.25, 0.3) is 0 Å². The van der Waals surface area contributed by atoms with E-state index in [1.165, 1.54) is 11.1 Å². The lowest BCUT2D eigenvalue weighted by Crippen LogP contribution is -2.45. The van der Waals surface area contributed by atoms with Gasteiger partial charge in [0.15, 0.2) is 11.6 Å². The quantitative estimate of drug-likeness (QED) is 0.269. The standard InChI is InChI=1S/C27H32ClFN6O4/c1-26(2,3)35(25(37)38)19-11-16(13-30-14-19)7-8-17-12-18(32-22-20(29)15-31-23(28)34-22)9-10-21(17)33-24(36)39-27(4,5)6/h9-15H,7-8H2,1-6H3,(H,33,36)(H,37,38)(H,31,32,34). The summed E-state index contributed by atoms with van der Waals surface area (Å²) in [5.74, 6) is -0.775. The van der Waals surface area contributed by atoms with Crippen LogP contribution in [0.5, 0.6) is 0 Å². The van der Waals surface area contributed by atoms with Crippen LogP contribution >= 0.6 is 11.6 Å². The molecular weight excluding hydrogens is 527 g/mol. The van der Waals surface area contributed by atoms with Crippen LogP contribution in [0.4, 0.5) is 36.9 Å². The molecule has 0 fully saturated rings. The number of carboxylic acid groups (broad SMARTS) is 1. The summed E-state index contributed by atoms with van der Waals surface area (Å²) in [6, 6.07) is 6.84. The number of rotatable bonds is 7. The highest BCUT2D eigenvalue weighted by Gasteiger charge is 2.28. The van der Waals surface area contributed by atoms with E-state index >= 15 is 0 Å². The summed E-state index contributed by atoms with van der Waals surface area (Å²) >= 11 is 5.81. The number of ether oxygens (including phenoxy) is 1. The van der Waals surface area contributed by atoms with Crippen molar-refractivity contribution in [2.24, 2.45) is 0 Å². The van der Waals surface area contributed by atoms with E-state index in [4.69, 9.17) is 16.3 Å². The van der Waals surface area contributed by atoms with Crippen LogP contribution in [-0.2, 0) is 17.6 Å². The Bertz CT molecular complexity index is 1360. The summed E-state index contributed by atoms with van der Waals surface area (Å²) in [6.45, 7) is 10.7. The van der Waals surface area contributed by atoms with Crippen LogP contribution < -0.4 is 15.5 Å². The first kappa shape index (κ1) is 29.6. The van der Waals surface area contributed by atoms with Gasteiger partial charge in [-0.3, -0.25) is 15.2 Å². The van der Waals surface area contributed by atoms with Crippen molar-refractivity contribution in [1.29, 1.82) is 0 Å². The van der Waals surface area contributed by atoms with Gasteiger partial charge in [-0.1, -0.05) is 0 Å². The van der Waals surface area contributed by atoms with E-state index < -0.39 is 29.1 Å². The number of aromatic nitrogens is 3. The average molecular weight is 559 g/mol. The minimum absolute atomic E-state index is 0.0957. The van der Waals surface area contributed by atoms with Crippen molar-refractivity contribution in [3.63, 3.8) is 0 Å². The summed E-state index contributed by atoms with van der Waals surface area (Å²) in [5, 5.41) is 15.3. The molecule has 1 aromatic carbocycles. The predicted octanol–water partition coefficient (Wildman–Crippen LogP) is 6.82. The summed E-state index contributed by atoms with van der Waals surface area (Å²) in [4.78, 5) is 37.4. The number of carbonyl (C=O) groups is 2. The molecule has 2 aromatic heterocycles. The zero-order chi connectivity index (χ0) is 29.0. The molecule has 0 saturated carbocycles. The fraction of sp³-hybridized carbons (Fsp3) is 0.370. The minimum Gasteiger partial charge on any atom is -0.465 e. The summed E-state index contributed by atoms with van der Waals surface area (Å²) in [5.41, 5.74) is 1.60. The van der Waals surface area contributed by atoms with E-state index in [1.807, 2.05) is 0 Å². The SMILES string of the molecule is CC(C)(C)OC(=O)Nc1ccc(Nc2nc(Cl)ncc2F)cc1CCc1cncc(N(C(=O)O)C(C)(C)C)c1. The van der Waals surface area contributed by atoms with Crippen molar-refractivity contribution >= 4 is 46.7 Å². The zero-order valence-electron chi connectivity index (χ0n) is 22.7. The molecule has 208 valence electrons. The third-order valence-electron chi connectivity index (χ3n) is 5.30. The molecule has 10 nitrogen and oxygen atoms in total. The topological polar surface area (TPSA) is 130 Å². The minimum atomic E-state index is -1.08. The third kappa shape index (κ3) is 8.51. The van der Waals surface area contributed by atoms with Crippen molar-refractivity contribution < 1.29 is 23.8 Å². The van der Waals surface area contributed by atoms with E-state index in [0.29, 0.717) is 35.5 Å². The normalized spacial score (nSPS) is 11.6. The van der Waals surface area contributed by atoms with Gasteiger partial charge in [-0.25, -0.2) is 19.0 Å². The molecule has 0 aliphatic heterocycles. The highest BCUT2D eigenvalue weighted by Crippen LogP contribution is 2.28.